The Hall–Kier alpha value is -1.45. The second-order valence-electron chi connectivity index (χ2n) is 3.18. The monoisotopic (exact) mass is 199 g/mol. The van der Waals surface area contributed by atoms with Crippen molar-refractivity contribution in [2.45, 2.75) is 12.8 Å². The lowest BCUT2D eigenvalue weighted by Gasteiger charge is -2.11. The average Bonchev–Trinajstić information content (AvgIpc) is 2.25. The van der Waals surface area contributed by atoms with Crippen molar-refractivity contribution >= 4 is 5.91 Å². The summed E-state index contributed by atoms with van der Waals surface area (Å²) in [5, 5.41) is 0. The van der Waals surface area contributed by atoms with E-state index in [9.17, 15) is 13.6 Å². The fourth-order valence-corrected chi connectivity index (χ4v) is 1.48. The molecule has 0 aliphatic carbocycles. The number of rotatable bonds is 2. The molecular weight excluding hydrogens is 188 g/mol. The van der Waals surface area contributed by atoms with E-state index in [-0.39, 0.29) is 16.8 Å². The Balaban J connectivity index is 3.41. The van der Waals surface area contributed by atoms with Crippen molar-refractivity contribution in [1.82, 2.24) is 4.90 Å². The van der Waals surface area contributed by atoms with Gasteiger partial charge in [0.1, 0.15) is 0 Å². The van der Waals surface area contributed by atoms with E-state index in [4.69, 9.17) is 0 Å². The van der Waals surface area contributed by atoms with Crippen LogP contribution in [0.15, 0.2) is 36.1 Å². The maximum atomic E-state index is 13.4. The molecule has 4 heteroatoms. The minimum absolute atomic E-state index is 0.132. The first-order chi connectivity index (χ1) is 6.34. The number of halogens is 2. The highest BCUT2D eigenvalue weighted by Gasteiger charge is 2.52. The van der Waals surface area contributed by atoms with Gasteiger partial charge in [-0.1, -0.05) is 13.2 Å². The molecule has 0 aromatic carbocycles. The summed E-state index contributed by atoms with van der Waals surface area (Å²) < 4.78 is 26.8. The van der Waals surface area contributed by atoms with Crippen molar-refractivity contribution < 1.29 is 13.6 Å². The van der Waals surface area contributed by atoms with Crippen molar-refractivity contribution in [3.05, 3.63) is 36.1 Å². The molecule has 0 aromatic heterocycles. The van der Waals surface area contributed by atoms with E-state index in [1.165, 1.54) is 20.0 Å². The Kier molecular flexibility index (Phi) is 2.31. The van der Waals surface area contributed by atoms with Gasteiger partial charge in [-0.25, -0.2) is 0 Å². The number of alkyl halides is 2. The van der Waals surface area contributed by atoms with Gasteiger partial charge < -0.3 is 4.90 Å². The van der Waals surface area contributed by atoms with Crippen LogP contribution in [0.1, 0.15) is 6.92 Å². The summed E-state index contributed by atoms with van der Waals surface area (Å²) in [6, 6.07) is 0. The molecule has 1 aliphatic rings. The SMILES string of the molecule is C=CC1=C(C(=C)C)C(F)(F)C(=O)N1C. The fourth-order valence-electron chi connectivity index (χ4n) is 1.48. The summed E-state index contributed by atoms with van der Waals surface area (Å²) in [6.07, 6.45) is 1.24. The molecule has 0 bridgehead atoms. The molecule has 0 unspecified atom stereocenters. The van der Waals surface area contributed by atoms with Crippen LogP contribution in [0.25, 0.3) is 0 Å². The fraction of sp³-hybridized carbons (Fsp3) is 0.300. The maximum Gasteiger partial charge on any atom is 0.352 e. The summed E-state index contributed by atoms with van der Waals surface area (Å²) in [5.74, 6) is -4.70. The van der Waals surface area contributed by atoms with Crippen molar-refractivity contribution in [2.75, 3.05) is 7.05 Å². The van der Waals surface area contributed by atoms with Gasteiger partial charge in [-0.05, 0) is 18.6 Å². The van der Waals surface area contributed by atoms with Gasteiger partial charge in [0.25, 0.3) is 0 Å². The molecule has 0 atom stereocenters. The van der Waals surface area contributed by atoms with Crippen LogP contribution in [-0.4, -0.2) is 23.8 Å². The molecule has 0 aromatic rings. The number of carbonyl (C=O) groups excluding carboxylic acids is 1. The topological polar surface area (TPSA) is 20.3 Å². The lowest BCUT2D eigenvalue weighted by atomic mass is 10.0. The summed E-state index contributed by atoms with van der Waals surface area (Å²) in [5.41, 5.74) is -0.0184. The molecule has 0 N–H and O–H groups in total. The zero-order chi connectivity index (χ0) is 11.1. The molecule has 1 amide bonds. The number of likely N-dealkylation sites (N-methyl/N-ethyl adjacent to an activating group) is 1. The van der Waals surface area contributed by atoms with Crippen molar-refractivity contribution in [1.29, 1.82) is 0 Å². The predicted octanol–water partition coefficient (Wildman–Crippen LogP) is 2.11. The number of nitrogens with zero attached hydrogens (tertiary/aromatic N) is 1. The third-order valence-corrected chi connectivity index (χ3v) is 2.12. The van der Waals surface area contributed by atoms with E-state index >= 15 is 0 Å². The summed E-state index contributed by atoms with van der Waals surface area (Å²) >= 11 is 0. The van der Waals surface area contributed by atoms with Crippen LogP contribution in [0.2, 0.25) is 0 Å². The second kappa shape index (κ2) is 3.04. The van der Waals surface area contributed by atoms with Gasteiger partial charge in [-0.3, -0.25) is 4.79 Å². The molecule has 76 valence electrons. The van der Waals surface area contributed by atoms with Crippen molar-refractivity contribution in [3.63, 3.8) is 0 Å². The second-order valence-corrected chi connectivity index (χ2v) is 3.18. The minimum Gasteiger partial charge on any atom is -0.309 e. The average molecular weight is 199 g/mol. The Morgan fingerprint density at radius 3 is 2.36 bits per heavy atom. The van der Waals surface area contributed by atoms with Crippen LogP contribution in [0.3, 0.4) is 0 Å². The van der Waals surface area contributed by atoms with Gasteiger partial charge in [0.2, 0.25) is 0 Å². The highest BCUT2D eigenvalue weighted by atomic mass is 19.3. The number of hydrogen-bond acceptors (Lipinski definition) is 1. The molecule has 0 radical (unpaired) electrons. The first-order valence-corrected chi connectivity index (χ1v) is 4.03. The Labute approximate surface area is 81.2 Å². The largest absolute Gasteiger partial charge is 0.352 e. The molecule has 0 fully saturated rings. The smallest absolute Gasteiger partial charge is 0.309 e. The van der Waals surface area contributed by atoms with Gasteiger partial charge in [0.05, 0.1) is 11.3 Å². The lowest BCUT2D eigenvalue weighted by molar-refractivity contribution is -0.144. The molecule has 14 heavy (non-hydrogen) atoms. The molecule has 1 aliphatic heterocycles. The van der Waals surface area contributed by atoms with Crippen molar-refractivity contribution in [2.24, 2.45) is 0 Å². The van der Waals surface area contributed by atoms with E-state index < -0.39 is 11.8 Å². The Bertz CT molecular complexity index is 355. The van der Waals surface area contributed by atoms with Gasteiger partial charge in [0, 0.05) is 7.05 Å². The predicted molar refractivity (Wildman–Crippen MR) is 49.8 cm³/mol. The first-order valence-electron chi connectivity index (χ1n) is 4.03. The van der Waals surface area contributed by atoms with E-state index in [0.29, 0.717) is 0 Å². The number of carbonyl (C=O) groups is 1. The zero-order valence-corrected chi connectivity index (χ0v) is 8.10. The van der Waals surface area contributed by atoms with Crippen LogP contribution >= 0.6 is 0 Å². The third kappa shape index (κ3) is 1.18. The number of hydrogen-bond donors (Lipinski definition) is 0. The van der Waals surface area contributed by atoms with Crippen LogP contribution in [-0.2, 0) is 4.79 Å². The van der Waals surface area contributed by atoms with Crippen molar-refractivity contribution in [3.8, 4) is 0 Å². The maximum absolute atomic E-state index is 13.4. The molecule has 0 spiro atoms. The molecule has 2 nitrogen and oxygen atoms in total. The number of allylic oxidation sites excluding steroid dienone is 2. The minimum atomic E-state index is -3.47. The van der Waals surface area contributed by atoms with Gasteiger partial charge in [-0.2, -0.15) is 8.78 Å². The first kappa shape index (κ1) is 10.6. The van der Waals surface area contributed by atoms with Gasteiger partial charge >= 0.3 is 11.8 Å². The molecule has 1 heterocycles. The Morgan fingerprint density at radius 2 is 2.07 bits per heavy atom. The zero-order valence-electron chi connectivity index (χ0n) is 8.10. The van der Waals surface area contributed by atoms with Gasteiger partial charge in [-0.15, -0.1) is 0 Å². The summed E-state index contributed by atoms with van der Waals surface area (Å²) in [6.45, 7) is 8.28. The van der Waals surface area contributed by atoms with Crippen LogP contribution in [0.4, 0.5) is 8.78 Å². The van der Waals surface area contributed by atoms with Crippen LogP contribution in [0, 0.1) is 0 Å². The molecule has 1 rings (SSSR count). The summed E-state index contributed by atoms with van der Waals surface area (Å²) in [7, 11) is 1.29. The highest BCUT2D eigenvalue weighted by Crippen LogP contribution is 2.40. The lowest BCUT2D eigenvalue weighted by Crippen LogP contribution is -2.33. The van der Waals surface area contributed by atoms with E-state index in [1.54, 1.807) is 0 Å². The van der Waals surface area contributed by atoms with E-state index in [1.807, 2.05) is 0 Å². The van der Waals surface area contributed by atoms with E-state index in [2.05, 4.69) is 13.2 Å². The molecule has 0 saturated heterocycles. The highest BCUT2D eigenvalue weighted by molar-refractivity contribution is 5.94. The number of amides is 1. The quantitative estimate of drug-likeness (QED) is 0.667. The standard InChI is InChI=1S/C10H11F2NO/c1-5-7-8(6(2)3)10(11,12)9(14)13(7)4/h5H,1-2H2,3-4H3. The summed E-state index contributed by atoms with van der Waals surface area (Å²) in [4.78, 5) is 12.1. The Morgan fingerprint density at radius 1 is 1.57 bits per heavy atom. The van der Waals surface area contributed by atoms with E-state index in [0.717, 1.165) is 4.90 Å². The van der Waals surface area contributed by atoms with Crippen LogP contribution in [0.5, 0.6) is 0 Å². The normalized spacial score (nSPS) is 20.3. The molecular formula is C10H11F2NO. The van der Waals surface area contributed by atoms with Gasteiger partial charge in [0.15, 0.2) is 0 Å². The third-order valence-electron chi connectivity index (χ3n) is 2.12. The van der Waals surface area contributed by atoms with Crippen LogP contribution < -0.4 is 0 Å². The molecule has 0 saturated carbocycles.